The number of imidazole rings is 1. The summed E-state index contributed by atoms with van der Waals surface area (Å²) in [5, 5.41) is 8.97. The highest BCUT2D eigenvalue weighted by atomic mass is 16.2. The number of amides is 1. The third kappa shape index (κ3) is 2.01. The largest absolute Gasteiger partial charge is 0.364 e. The summed E-state index contributed by atoms with van der Waals surface area (Å²) in [6.45, 7) is 1.60. The van der Waals surface area contributed by atoms with Crippen LogP contribution in [-0.2, 0) is 0 Å². The minimum atomic E-state index is -0.755. The van der Waals surface area contributed by atoms with Crippen molar-refractivity contribution in [2.75, 3.05) is 0 Å². The molecule has 3 N–H and O–H groups in total. The van der Waals surface area contributed by atoms with E-state index >= 15 is 0 Å². The molecule has 3 aromatic rings. The summed E-state index contributed by atoms with van der Waals surface area (Å²) in [7, 11) is 0. The van der Waals surface area contributed by atoms with Crippen molar-refractivity contribution in [3.05, 3.63) is 51.8 Å². The van der Waals surface area contributed by atoms with Crippen molar-refractivity contribution >= 4 is 17.1 Å². The van der Waals surface area contributed by atoms with Crippen molar-refractivity contribution < 1.29 is 4.79 Å². The highest BCUT2D eigenvalue weighted by molar-refractivity contribution is 6.01. The number of H-pyrrole nitrogens is 1. The lowest BCUT2D eigenvalue weighted by Crippen LogP contribution is -2.15. The van der Waals surface area contributed by atoms with Crippen molar-refractivity contribution in [3.63, 3.8) is 0 Å². The zero-order valence-electron chi connectivity index (χ0n) is 11.5. The fraction of sp³-hybridized carbons (Fsp3) is 0.0714. The molecule has 0 radical (unpaired) electrons. The summed E-state index contributed by atoms with van der Waals surface area (Å²) in [6.07, 6.45) is 0. The molecule has 22 heavy (non-hydrogen) atoms. The van der Waals surface area contributed by atoms with Crippen LogP contribution in [0, 0.1) is 18.3 Å². The van der Waals surface area contributed by atoms with Crippen LogP contribution in [0.15, 0.2) is 29.1 Å². The van der Waals surface area contributed by atoms with Gasteiger partial charge in [-0.3, -0.25) is 4.79 Å². The molecule has 108 valence electrons. The number of rotatable bonds is 2. The number of nitriles is 1. The van der Waals surface area contributed by atoms with E-state index in [2.05, 4.69) is 15.0 Å². The summed E-state index contributed by atoms with van der Waals surface area (Å²) in [4.78, 5) is 34.4. The average molecular weight is 294 g/mol. The van der Waals surface area contributed by atoms with Gasteiger partial charge in [0.15, 0.2) is 11.3 Å². The SMILES string of the molecule is Cc1nc(C(N)=O)c2[nH]c(=O)n(-c3cccc(C#N)c3)c2n1. The number of hydrogen-bond acceptors (Lipinski definition) is 5. The maximum absolute atomic E-state index is 12.2. The molecule has 3 rings (SSSR count). The number of hydrogen-bond donors (Lipinski definition) is 2. The second-order valence-electron chi connectivity index (χ2n) is 4.61. The van der Waals surface area contributed by atoms with E-state index < -0.39 is 11.6 Å². The van der Waals surface area contributed by atoms with Crippen molar-refractivity contribution in [3.8, 4) is 11.8 Å². The monoisotopic (exact) mass is 294 g/mol. The first kappa shape index (κ1) is 13.5. The Morgan fingerprint density at radius 2 is 2.18 bits per heavy atom. The molecule has 0 aliphatic carbocycles. The topological polar surface area (TPSA) is 130 Å². The lowest BCUT2D eigenvalue weighted by atomic mass is 10.2. The Morgan fingerprint density at radius 3 is 2.86 bits per heavy atom. The van der Waals surface area contributed by atoms with Gasteiger partial charge in [-0.15, -0.1) is 0 Å². The second kappa shape index (κ2) is 4.82. The van der Waals surface area contributed by atoms with Crippen LogP contribution in [0.4, 0.5) is 0 Å². The maximum atomic E-state index is 12.2. The number of fused-ring (bicyclic) bond motifs is 1. The van der Waals surface area contributed by atoms with Gasteiger partial charge < -0.3 is 10.7 Å². The first-order chi connectivity index (χ1) is 10.5. The molecule has 2 heterocycles. The number of nitrogens with zero attached hydrogens (tertiary/aromatic N) is 4. The zero-order chi connectivity index (χ0) is 15.9. The van der Waals surface area contributed by atoms with Crippen LogP contribution in [0.3, 0.4) is 0 Å². The molecule has 1 amide bonds. The van der Waals surface area contributed by atoms with Crippen molar-refractivity contribution in [2.45, 2.75) is 6.92 Å². The molecule has 0 saturated heterocycles. The standard InChI is InChI=1S/C14H10N6O2/c1-7-17-10(12(16)21)11-13(18-7)20(14(22)19-11)9-4-2-3-8(5-9)6-15/h2-5H,1H3,(H2,16,21)(H,19,22). The number of carbonyl (C=O) groups is 1. The van der Waals surface area contributed by atoms with Crippen LogP contribution in [0.5, 0.6) is 0 Å². The Kier molecular flexibility index (Phi) is 2.96. The summed E-state index contributed by atoms with van der Waals surface area (Å²) in [5.74, 6) is -0.444. The molecular weight excluding hydrogens is 284 g/mol. The average Bonchev–Trinajstić information content (AvgIpc) is 2.82. The molecule has 0 spiro atoms. The van der Waals surface area contributed by atoms with Gasteiger partial charge in [-0.2, -0.15) is 5.26 Å². The van der Waals surface area contributed by atoms with Gasteiger partial charge in [-0.05, 0) is 25.1 Å². The highest BCUT2D eigenvalue weighted by Crippen LogP contribution is 2.17. The van der Waals surface area contributed by atoms with Crippen LogP contribution in [0.2, 0.25) is 0 Å². The third-order valence-corrected chi connectivity index (χ3v) is 3.12. The van der Waals surface area contributed by atoms with E-state index in [-0.39, 0.29) is 16.9 Å². The lowest BCUT2D eigenvalue weighted by molar-refractivity contribution is 0.0997. The van der Waals surface area contributed by atoms with Crippen molar-refractivity contribution in [1.29, 1.82) is 5.26 Å². The van der Waals surface area contributed by atoms with Gasteiger partial charge in [0.2, 0.25) is 0 Å². The van der Waals surface area contributed by atoms with E-state index in [1.54, 1.807) is 31.2 Å². The Bertz CT molecular complexity index is 1010. The Hall–Kier alpha value is -3.47. The van der Waals surface area contributed by atoms with Gasteiger partial charge in [0.1, 0.15) is 11.3 Å². The number of nitrogens with two attached hydrogens (primary N) is 1. The van der Waals surface area contributed by atoms with Crippen LogP contribution in [0.1, 0.15) is 21.9 Å². The molecule has 8 nitrogen and oxygen atoms in total. The fourth-order valence-corrected chi connectivity index (χ4v) is 2.23. The molecule has 0 atom stereocenters. The number of aromatic amines is 1. The number of aromatic nitrogens is 4. The number of aryl methyl sites for hydroxylation is 1. The summed E-state index contributed by atoms with van der Waals surface area (Å²) in [5.41, 5.74) is 6.02. The molecule has 1 aromatic carbocycles. The quantitative estimate of drug-likeness (QED) is 0.705. The van der Waals surface area contributed by atoms with E-state index in [1.807, 2.05) is 6.07 Å². The highest BCUT2D eigenvalue weighted by Gasteiger charge is 2.18. The molecular formula is C14H10N6O2. The predicted molar refractivity (Wildman–Crippen MR) is 77.5 cm³/mol. The van der Waals surface area contributed by atoms with E-state index in [0.29, 0.717) is 17.1 Å². The zero-order valence-corrected chi connectivity index (χ0v) is 11.5. The van der Waals surface area contributed by atoms with Gasteiger partial charge in [0.05, 0.1) is 17.3 Å². The van der Waals surface area contributed by atoms with Gasteiger partial charge in [-0.1, -0.05) is 6.07 Å². The second-order valence-corrected chi connectivity index (χ2v) is 4.61. The minimum Gasteiger partial charge on any atom is -0.364 e. The molecule has 0 saturated carbocycles. The maximum Gasteiger partial charge on any atom is 0.332 e. The smallest absolute Gasteiger partial charge is 0.332 e. The van der Waals surface area contributed by atoms with Crippen LogP contribution < -0.4 is 11.4 Å². The molecule has 8 heteroatoms. The molecule has 0 fully saturated rings. The number of carbonyl (C=O) groups excluding carboxylic acids is 1. The predicted octanol–water partition coefficient (Wildman–Crippen LogP) is 0.388. The summed E-state index contributed by atoms with van der Waals surface area (Å²) in [6, 6.07) is 8.50. The van der Waals surface area contributed by atoms with E-state index in [1.165, 1.54) is 4.57 Å². The first-order valence-corrected chi connectivity index (χ1v) is 6.31. The van der Waals surface area contributed by atoms with Crippen molar-refractivity contribution in [1.82, 2.24) is 19.5 Å². The number of benzene rings is 1. The molecule has 0 bridgehead atoms. The van der Waals surface area contributed by atoms with E-state index in [9.17, 15) is 9.59 Å². The van der Waals surface area contributed by atoms with E-state index in [4.69, 9.17) is 11.0 Å². The fourth-order valence-electron chi connectivity index (χ4n) is 2.23. The first-order valence-electron chi connectivity index (χ1n) is 6.31. The normalized spacial score (nSPS) is 10.5. The number of nitrogens with one attached hydrogen (secondary N) is 1. The van der Waals surface area contributed by atoms with Crippen LogP contribution in [0.25, 0.3) is 16.9 Å². The number of primary amides is 1. The minimum absolute atomic E-state index is 0.0465. The Morgan fingerprint density at radius 1 is 1.41 bits per heavy atom. The van der Waals surface area contributed by atoms with Gasteiger partial charge in [0, 0.05) is 0 Å². The molecule has 2 aromatic heterocycles. The third-order valence-electron chi connectivity index (χ3n) is 3.12. The summed E-state index contributed by atoms with van der Waals surface area (Å²) >= 11 is 0. The summed E-state index contributed by atoms with van der Waals surface area (Å²) < 4.78 is 1.28. The van der Waals surface area contributed by atoms with Gasteiger partial charge in [-0.25, -0.2) is 19.3 Å². The van der Waals surface area contributed by atoms with Crippen molar-refractivity contribution in [2.24, 2.45) is 5.73 Å². The Balaban J connectivity index is 2.40. The molecule has 0 aliphatic rings. The van der Waals surface area contributed by atoms with Crippen LogP contribution >= 0.6 is 0 Å². The van der Waals surface area contributed by atoms with Gasteiger partial charge >= 0.3 is 5.69 Å². The van der Waals surface area contributed by atoms with Gasteiger partial charge in [0.25, 0.3) is 5.91 Å². The molecule has 0 aliphatic heterocycles. The molecule has 0 unspecified atom stereocenters. The lowest BCUT2D eigenvalue weighted by Gasteiger charge is -2.04. The Labute approximate surface area is 123 Å². The van der Waals surface area contributed by atoms with E-state index in [0.717, 1.165) is 0 Å². The van der Waals surface area contributed by atoms with Crippen LogP contribution in [-0.4, -0.2) is 25.4 Å².